The Morgan fingerprint density at radius 3 is 2.36 bits per heavy atom. The Balaban J connectivity index is 1.52. The molecule has 1 atom stereocenters. The Hall–Kier alpha value is -3.49. The van der Waals surface area contributed by atoms with Gasteiger partial charge in [0.25, 0.3) is 5.91 Å². The molecule has 3 aromatic rings. The zero-order valence-corrected chi connectivity index (χ0v) is 19.4. The highest BCUT2D eigenvalue weighted by Gasteiger charge is 2.31. The van der Waals surface area contributed by atoms with Gasteiger partial charge in [-0.25, -0.2) is 4.68 Å². The molecule has 2 amide bonds. The molecule has 0 saturated heterocycles. The van der Waals surface area contributed by atoms with E-state index in [1.165, 1.54) is 23.7 Å². The summed E-state index contributed by atoms with van der Waals surface area (Å²) < 4.78 is 1.41. The van der Waals surface area contributed by atoms with E-state index in [4.69, 9.17) is 0 Å². The lowest BCUT2D eigenvalue weighted by Gasteiger charge is -2.26. The summed E-state index contributed by atoms with van der Waals surface area (Å²) in [5.41, 5.74) is 5.07. The number of anilines is 1. The molecular weight excluding hydrogens is 418 g/mol. The molecule has 1 fully saturated rings. The van der Waals surface area contributed by atoms with Crippen LogP contribution in [0.4, 0.5) is 5.69 Å². The molecule has 0 bridgehead atoms. The van der Waals surface area contributed by atoms with Gasteiger partial charge in [0.15, 0.2) is 0 Å². The van der Waals surface area contributed by atoms with Gasteiger partial charge in [-0.05, 0) is 50.3 Å². The first-order valence-electron chi connectivity index (χ1n) is 11.5. The van der Waals surface area contributed by atoms with Crippen molar-refractivity contribution < 1.29 is 9.59 Å². The van der Waals surface area contributed by atoms with Gasteiger partial charge in [-0.2, -0.15) is 5.10 Å². The van der Waals surface area contributed by atoms with Gasteiger partial charge in [-0.1, -0.05) is 43.0 Å². The number of nitrogens with zero attached hydrogens (tertiary/aromatic N) is 4. The number of aromatic amines is 1. The topological polar surface area (TPSA) is 118 Å². The standard InChI is InChI=1S/C24H31N7O2/c1-15-21(16(2)29-28-15)17-10-12-19(13-11-17)26-24(33)22(18-8-6-4-5-7-9-18)27-23(32)20-14-25-30-31(20)3/h10-14,18,22H,4-9H2,1-3H3,(H,26,33)(H,27,32)(H,28,29)/t22-/m0/s1. The van der Waals surface area contributed by atoms with Crippen LogP contribution in [0.1, 0.15) is 60.4 Å². The van der Waals surface area contributed by atoms with E-state index < -0.39 is 6.04 Å². The van der Waals surface area contributed by atoms with Gasteiger partial charge in [0, 0.05) is 24.0 Å². The Bertz CT molecular complexity index is 1090. The van der Waals surface area contributed by atoms with Crippen LogP contribution in [0.25, 0.3) is 11.1 Å². The van der Waals surface area contributed by atoms with Crippen molar-refractivity contribution in [3.63, 3.8) is 0 Å². The molecular formula is C24H31N7O2. The van der Waals surface area contributed by atoms with E-state index in [9.17, 15) is 9.59 Å². The summed E-state index contributed by atoms with van der Waals surface area (Å²) in [4.78, 5) is 26.2. The minimum atomic E-state index is -0.622. The fraction of sp³-hybridized carbons (Fsp3) is 0.458. The Morgan fingerprint density at radius 2 is 1.79 bits per heavy atom. The quantitative estimate of drug-likeness (QED) is 0.498. The monoisotopic (exact) mass is 449 g/mol. The molecule has 9 heteroatoms. The fourth-order valence-corrected chi connectivity index (χ4v) is 4.67. The predicted octanol–water partition coefficient (Wildman–Crippen LogP) is 3.53. The van der Waals surface area contributed by atoms with Crippen LogP contribution in [-0.4, -0.2) is 43.0 Å². The van der Waals surface area contributed by atoms with E-state index >= 15 is 0 Å². The molecule has 1 aliphatic rings. The maximum atomic E-state index is 13.4. The van der Waals surface area contributed by atoms with Gasteiger partial charge in [0.05, 0.1) is 11.9 Å². The molecule has 174 valence electrons. The zero-order valence-electron chi connectivity index (χ0n) is 19.4. The van der Waals surface area contributed by atoms with Crippen molar-refractivity contribution in [2.24, 2.45) is 13.0 Å². The zero-order chi connectivity index (χ0) is 23.4. The summed E-state index contributed by atoms with van der Waals surface area (Å²) in [7, 11) is 1.66. The van der Waals surface area contributed by atoms with Crippen molar-refractivity contribution in [2.75, 3.05) is 5.32 Å². The molecule has 33 heavy (non-hydrogen) atoms. The number of hydrogen-bond donors (Lipinski definition) is 3. The largest absolute Gasteiger partial charge is 0.339 e. The fourth-order valence-electron chi connectivity index (χ4n) is 4.67. The van der Waals surface area contributed by atoms with Crippen LogP contribution in [0.5, 0.6) is 0 Å². The number of carbonyl (C=O) groups is 2. The van der Waals surface area contributed by atoms with E-state index in [2.05, 4.69) is 31.1 Å². The minimum Gasteiger partial charge on any atom is -0.339 e. The van der Waals surface area contributed by atoms with E-state index in [0.29, 0.717) is 11.4 Å². The van der Waals surface area contributed by atoms with Gasteiger partial charge in [0.2, 0.25) is 5.91 Å². The average molecular weight is 450 g/mol. The summed E-state index contributed by atoms with van der Waals surface area (Å²) in [6.07, 6.45) is 7.71. The third-order valence-corrected chi connectivity index (χ3v) is 6.46. The maximum absolute atomic E-state index is 13.4. The molecule has 2 heterocycles. The molecule has 2 aromatic heterocycles. The first-order valence-corrected chi connectivity index (χ1v) is 11.5. The number of nitrogens with one attached hydrogen (secondary N) is 3. The molecule has 0 unspecified atom stereocenters. The number of rotatable bonds is 6. The van der Waals surface area contributed by atoms with Crippen LogP contribution in [0.15, 0.2) is 30.5 Å². The van der Waals surface area contributed by atoms with E-state index in [1.807, 2.05) is 38.1 Å². The van der Waals surface area contributed by atoms with Crippen molar-refractivity contribution in [2.45, 2.75) is 58.4 Å². The molecule has 3 N–H and O–H groups in total. The molecule has 0 radical (unpaired) electrons. The Labute approximate surface area is 193 Å². The lowest BCUT2D eigenvalue weighted by atomic mass is 9.91. The van der Waals surface area contributed by atoms with Gasteiger partial charge >= 0.3 is 0 Å². The van der Waals surface area contributed by atoms with Crippen molar-refractivity contribution in [1.82, 2.24) is 30.5 Å². The SMILES string of the molecule is Cc1n[nH]c(C)c1-c1ccc(NC(=O)[C@@H](NC(=O)c2cnnn2C)C2CCCCCC2)cc1. The van der Waals surface area contributed by atoms with Gasteiger partial charge < -0.3 is 10.6 Å². The van der Waals surface area contributed by atoms with Crippen LogP contribution in [-0.2, 0) is 11.8 Å². The third-order valence-electron chi connectivity index (χ3n) is 6.46. The third kappa shape index (κ3) is 5.13. The summed E-state index contributed by atoms with van der Waals surface area (Å²) >= 11 is 0. The van der Waals surface area contributed by atoms with Crippen LogP contribution in [0.3, 0.4) is 0 Å². The van der Waals surface area contributed by atoms with Gasteiger partial charge in [-0.15, -0.1) is 5.10 Å². The number of amides is 2. The predicted molar refractivity (Wildman–Crippen MR) is 126 cm³/mol. The second-order valence-electron chi connectivity index (χ2n) is 8.82. The average Bonchev–Trinajstić information content (AvgIpc) is 3.26. The van der Waals surface area contributed by atoms with E-state index in [0.717, 1.165) is 48.2 Å². The smallest absolute Gasteiger partial charge is 0.271 e. The summed E-state index contributed by atoms with van der Waals surface area (Å²) in [5, 5.41) is 20.8. The highest BCUT2D eigenvalue weighted by Crippen LogP contribution is 2.28. The minimum absolute atomic E-state index is 0.0909. The molecule has 4 rings (SSSR count). The van der Waals surface area contributed by atoms with Gasteiger partial charge in [0.1, 0.15) is 11.7 Å². The molecule has 1 aliphatic carbocycles. The number of benzene rings is 1. The molecule has 1 saturated carbocycles. The number of aromatic nitrogens is 5. The normalized spacial score (nSPS) is 15.6. The second kappa shape index (κ2) is 9.97. The number of hydrogen-bond acceptors (Lipinski definition) is 5. The van der Waals surface area contributed by atoms with Crippen LogP contribution in [0.2, 0.25) is 0 Å². The first kappa shape index (κ1) is 22.7. The van der Waals surface area contributed by atoms with Crippen LogP contribution < -0.4 is 10.6 Å². The van der Waals surface area contributed by atoms with Crippen LogP contribution >= 0.6 is 0 Å². The second-order valence-corrected chi connectivity index (χ2v) is 8.82. The van der Waals surface area contributed by atoms with Crippen molar-refractivity contribution >= 4 is 17.5 Å². The Kier molecular flexibility index (Phi) is 6.86. The molecule has 9 nitrogen and oxygen atoms in total. The van der Waals surface area contributed by atoms with E-state index in [1.54, 1.807) is 7.05 Å². The summed E-state index contributed by atoms with van der Waals surface area (Å²) in [6.45, 7) is 3.95. The molecule has 0 spiro atoms. The van der Waals surface area contributed by atoms with Gasteiger partial charge in [-0.3, -0.25) is 14.7 Å². The molecule has 1 aromatic carbocycles. The number of carbonyl (C=O) groups excluding carboxylic acids is 2. The lowest BCUT2D eigenvalue weighted by Crippen LogP contribution is -2.48. The highest BCUT2D eigenvalue weighted by molar-refractivity contribution is 6.00. The lowest BCUT2D eigenvalue weighted by molar-refractivity contribution is -0.119. The van der Waals surface area contributed by atoms with E-state index in [-0.39, 0.29) is 17.7 Å². The first-order chi connectivity index (χ1) is 15.9. The number of aryl methyl sites for hydroxylation is 3. The van der Waals surface area contributed by atoms with Crippen molar-refractivity contribution in [3.8, 4) is 11.1 Å². The van der Waals surface area contributed by atoms with Crippen LogP contribution in [0, 0.1) is 19.8 Å². The van der Waals surface area contributed by atoms with Crippen molar-refractivity contribution in [3.05, 3.63) is 47.5 Å². The summed E-state index contributed by atoms with van der Waals surface area (Å²) in [6, 6.07) is 7.09. The molecule has 0 aliphatic heterocycles. The Morgan fingerprint density at radius 1 is 1.09 bits per heavy atom. The highest BCUT2D eigenvalue weighted by atomic mass is 16.2. The van der Waals surface area contributed by atoms with Crippen molar-refractivity contribution in [1.29, 1.82) is 0 Å². The summed E-state index contributed by atoms with van der Waals surface area (Å²) in [5.74, 6) is -0.449. The maximum Gasteiger partial charge on any atom is 0.271 e. The number of H-pyrrole nitrogens is 1.